The van der Waals surface area contributed by atoms with E-state index in [1.54, 1.807) is 13.2 Å². The fourth-order valence-electron chi connectivity index (χ4n) is 3.67. The highest BCUT2D eigenvalue weighted by molar-refractivity contribution is 6.05. The van der Waals surface area contributed by atoms with Crippen molar-refractivity contribution in [2.24, 2.45) is 5.92 Å². The molecule has 1 saturated carbocycles. The van der Waals surface area contributed by atoms with Gasteiger partial charge in [0.15, 0.2) is 0 Å². The van der Waals surface area contributed by atoms with Gasteiger partial charge in [0.25, 0.3) is 5.91 Å². The van der Waals surface area contributed by atoms with Crippen LogP contribution < -0.4 is 10.1 Å². The van der Waals surface area contributed by atoms with Crippen molar-refractivity contribution in [3.05, 3.63) is 47.5 Å². The van der Waals surface area contributed by atoms with Crippen molar-refractivity contribution in [2.75, 3.05) is 7.11 Å². The predicted molar refractivity (Wildman–Crippen MR) is 104 cm³/mol. The number of nitriles is 1. The molecule has 1 aliphatic rings. The highest BCUT2D eigenvalue weighted by atomic mass is 16.5. The normalized spacial score (nSPS) is 20.4. The topological polar surface area (TPSA) is 62.1 Å². The third kappa shape index (κ3) is 3.72. The van der Waals surface area contributed by atoms with Crippen LogP contribution in [0.1, 0.15) is 38.2 Å². The van der Waals surface area contributed by atoms with E-state index in [2.05, 4.69) is 18.3 Å². The molecule has 1 fully saturated rings. The monoisotopic (exact) mass is 348 g/mol. The summed E-state index contributed by atoms with van der Waals surface area (Å²) in [5.41, 5.74) is 0.867. The summed E-state index contributed by atoms with van der Waals surface area (Å²) in [6, 6.07) is 13.9. The molecule has 0 heterocycles. The van der Waals surface area contributed by atoms with E-state index in [0.717, 1.165) is 35.6 Å². The first-order chi connectivity index (χ1) is 12.6. The molecule has 0 radical (unpaired) electrons. The SMILES string of the molecule is COc1ccc2ccccc2c1/C=C(\C#N)C(=O)N[C@H]1CCCC[C@H]1C. The lowest BCUT2D eigenvalue weighted by Crippen LogP contribution is -2.41. The number of rotatable bonds is 4. The van der Waals surface area contributed by atoms with Crippen molar-refractivity contribution < 1.29 is 9.53 Å². The van der Waals surface area contributed by atoms with Crippen LogP contribution in [0.15, 0.2) is 42.0 Å². The molecule has 0 aliphatic heterocycles. The van der Waals surface area contributed by atoms with Gasteiger partial charge in [-0.05, 0) is 41.7 Å². The van der Waals surface area contributed by atoms with Gasteiger partial charge < -0.3 is 10.1 Å². The van der Waals surface area contributed by atoms with Gasteiger partial charge in [0.2, 0.25) is 0 Å². The summed E-state index contributed by atoms with van der Waals surface area (Å²) in [5, 5.41) is 14.6. The lowest BCUT2D eigenvalue weighted by molar-refractivity contribution is -0.118. The van der Waals surface area contributed by atoms with Crippen molar-refractivity contribution in [2.45, 2.75) is 38.6 Å². The zero-order chi connectivity index (χ0) is 18.5. The van der Waals surface area contributed by atoms with Crippen molar-refractivity contribution in [1.82, 2.24) is 5.32 Å². The summed E-state index contributed by atoms with van der Waals surface area (Å²) in [6.45, 7) is 2.16. The largest absolute Gasteiger partial charge is 0.496 e. The van der Waals surface area contributed by atoms with E-state index in [9.17, 15) is 10.1 Å². The molecule has 3 rings (SSSR count). The zero-order valence-electron chi connectivity index (χ0n) is 15.3. The van der Waals surface area contributed by atoms with Gasteiger partial charge >= 0.3 is 0 Å². The first-order valence-electron chi connectivity index (χ1n) is 9.12. The van der Waals surface area contributed by atoms with Gasteiger partial charge in [0.1, 0.15) is 17.4 Å². The Morgan fingerprint density at radius 1 is 1.23 bits per heavy atom. The highest BCUT2D eigenvalue weighted by Crippen LogP contribution is 2.30. The Hall–Kier alpha value is -2.80. The molecular formula is C22H24N2O2. The number of amides is 1. The first-order valence-corrected chi connectivity index (χ1v) is 9.12. The maximum absolute atomic E-state index is 12.7. The molecule has 4 nitrogen and oxygen atoms in total. The second kappa shape index (κ2) is 8.05. The molecule has 0 aromatic heterocycles. The molecular weight excluding hydrogens is 324 g/mol. The maximum atomic E-state index is 12.7. The number of benzene rings is 2. The number of hydrogen-bond donors (Lipinski definition) is 1. The second-order valence-corrected chi connectivity index (χ2v) is 6.91. The Morgan fingerprint density at radius 2 is 2.00 bits per heavy atom. The van der Waals surface area contributed by atoms with Crippen LogP contribution in [0.25, 0.3) is 16.8 Å². The van der Waals surface area contributed by atoms with Gasteiger partial charge in [-0.3, -0.25) is 4.79 Å². The minimum Gasteiger partial charge on any atom is -0.496 e. The minimum atomic E-state index is -0.304. The molecule has 1 N–H and O–H groups in total. The molecule has 26 heavy (non-hydrogen) atoms. The fraction of sp³-hybridized carbons (Fsp3) is 0.364. The lowest BCUT2D eigenvalue weighted by atomic mass is 9.86. The Kier molecular flexibility index (Phi) is 5.58. The summed E-state index contributed by atoms with van der Waals surface area (Å²) < 4.78 is 5.46. The average molecular weight is 348 g/mol. The molecule has 1 amide bonds. The number of hydrogen-bond acceptors (Lipinski definition) is 3. The number of nitrogens with one attached hydrogen (secondary N) is 1. The van der Waals surface area contributed by atoms with Crippen LogP contribution in [-0.2, 0) is 4.79 Å². The van der Waals surface area contributed by atoms with Crippen LogP contribution in [0.3, 0.4) is 0 Å². The van der Waals surface area contributed by atoms with Crippen molar-refractivity contribution in [3.63, 3.8) is 0 Å². The minimum absolute atomic E-state index is 0.109. The summed E-state index contributed by atoms with van der Waals surface area (Å²) in [6.07, 6.45) is 6.07. The van der Waals surface area contributed by atoms with Gasteiger partial charge in [0.05, 0.1) is 7.11 Å². The van der Waals surface area contributed by atoms with Crippen molar-refractivity contribution in [3.8, 4) is 11.8 Å². The molecule has 2 aromatic carbocycles. The Bertz CT molecular complexity index is 879. The van der Waals surface area contributed by atoms with Gasteiger partial charge in [-0.25, -0.2) is 0 Å². The van der Waals surface area contributed by atoms with E-state index < -0.39 is 0 Å². The highest BCUT2D eigenvalue weighted by Gasteiger charge is 2.24. The second-order valence-electron chi connectivity index (χ2n) is 6.91. The molecule has 4 heteroatoms. The number of methoxy groups -OCH3 is 1. The summed E-state index contributed by atoms with van der Waals surface area (Å²) in [5.74, 6) is 0.788. The number of carbonyl (C=O) groups excluding carboxylic acids is 1. The van der Waals surface area contributed by atoms with E-state index in [1.807, 2.05) is 36.4 Å². The molecule has 0 bridgehead atoms. The summed E-state index contributed by atoms with van der Waals surface area (Å²) in [7, 11) is 1.59. The van der Waals surface area contributed by atoms with Crippen LogP contribution in [-0.4, -0.2) is 19.1 Å². The number of ether oxygens (including phenoxy) is 1. The Morgan fingerprint density at radius 3 is 2.73 bits per heavy atom. The van der Waals surface area contributed by atoms with Gasteiger partial charge in [-0.1, -0.05) is 50.1 Å². The molecule has 0 saturated heterocycles. The third-order valence-corrected chi connectivity index (χ3v) is 5.23. The van der Waals surface area contributed by atoms with Gasteiger partial charge in [-0.15, -0.1) is 0 Å². The van der Waals surface area contributed by atoms with E-state index in [1.165, 1.54) is 6.42 Å². The lowest BCUT2D eigenvalue weighted by Gasteiger charge is -2.29. The van der Waals surface area contributed by atoms with Crippen LogP contribution in [0.4, 0.5) is 0 Å². The average Bonchev–Trinajstić information content (AvgIpc) is 2.67. The molecule has 0 spiro atoms. The van der Waals surface area contributed by atoms with Crippen LogP contribution in [0.5, 0.6) is 5.75 Å². The smallest absolute Gasteiger partial charge is 0.262 e. The van der Waals surface area contributed by atoms with Gasteiger partial charge in [-0.2, -0.15) is 5.26 Å². The fourth-order valence-corrected chi connectivity index (χ4v) is 3.67. The molecule has 0 unspecified atom stereocenters. The summed E-state index contributed by atoms with van der Waals surface area (Å²) in [4.78, 5) is 12.7. The third-order valence-electron chi connectivity index (χ3n) is 5.23. The van der Waals surface area contributed by atoms with Crippen LogP contribution in [0, 0.1) is 17.2 Å². The Balaban J connectivity index is 1.95. The molecule has 2 aromatic rings. The Labute approximate surface area is 154 Å². The molecule has 1 aliphatic carbocycles. The first kappa shape index (κ1) is 18.0. The number of fused-ring (bicyclic) bond motifs is 1. The predicted octanol–water partition coefficient (Wildman–Crippen LogP) is 4.45. The zero-order valence-corrected chi connectivity index (χ0v) is 15.3. The van der Waals surface area contributed by atoms with Crippen molar-refractivity contribution in [1.29, 1.82) is 5.26 Å². The van der Waals surface area contributed by atoms with Crippen LogP contribution >= 0.6 is 0 Å². The maximum Gasteiger partial charge on any atom is 0.262 e. The molecule has 2 atom stereocenters. The van der Waals surface area contributed by atoms with Gasteiger partial charge in [0, 0.05) is 11.6 Å². The number of carbonyl (C=O) groups is 1. The molecule has 134 valence electrons. The number of nitrogens with zero attached hydrogens (tertiary/aromatic N) is 1. The van der Waals surface area contributed by atoms with Crippen molar-refractivity contribution >= 4 is 22.8 Å². The summed E-state index contributed by atoms with van der Waals surface area (Å²) >= 11 is 0. The van der Waals surface area contributed by atoms with E-state index in [4.69, 9.17) is 4.74 Å². The van der Waals surface area contributed by atoms with E-state index in [0.29, 0.717) is 11.7 Å². The van der Waals surface area contributed by atoms with E-state index in [-0.39, 0.29) is 17.5 Å². The standard InChI is InChI=1S/C22H24N2O2/c1-15-7-3-6-10-20(15)24-22(25)17(14-23)13-19-18-9-5-4-8-16(18)11-12-21(19)26-2/h4-5,8-9,11-13,15,20H,3,6-7,10H2,1-2H3,(H,24,25)/b17-13+/t15-,20+/m1/s1. The van der Waals surface area contributed by atoms with Crippen LogP contribution in [0.2, 0.25) is 0 Å². The quantitative estimate of drug-likeness (QED) is 0.656. The van der Waals surface area contributed by atoms with E-state index >= 15 is 0 Å².